The van der Waals surface area contributed by atoms with E-state index in [1.54, 1.807) is 0 Å². The second-order valence-electron chi connectivity index (χ2n) is 6.14. The third-order valence-corrected chi connectivity index (χ3v) is 5.37. The molecule has 0 aliphatic carbocycles. The number of nitrogens with one attached hydrogen (secondary N) is 1. The van der Waals surface area contributed by atoms with Crippen molar-refractivity contribution in [1.82, 2.24) is 14.7 Å². The van der Waals surface area contributed by atoms with Crippen LogP contribution in [0.15, 0.2) is 53.6 Å². The SMILES string of the molecule is Cc1cccc(C)c1Oc1nc(Cl)ccc1C(=O)NS(=O)(=O)c1cccc(N)n1. The minimum absolute atomic E-state index is 0.00698. The van der Waals surface area contributed by atoms with Gasteiger partial charge in [0.15, 0.2) is 5.03 Å². The Morgan fingerprint density at radius 1 is 1.03 bits per heavy atom. The number of anilines is 1. The van der Waals surface area contributed by atoms with Gasteiger partial charge in [-0.3, -0.25) is 4.79 Å². The molecule has 150 valence electrons. The van der Waals surface area contributed by atoms with E-state index in [0.717, 1.165) is 11.1 Å². The highest BCUT2D eigenvalue weighted by Crippen LogP contribution is 2.30. The van der Waals surface area contributed by atoms with Crippen LogP contribution in [0.4, 0.5) is 5.82 Å². The van der Waals surface area contributed by atoms with Gasteiger partial charge in [-0.15, -0.1) is 0 Å². The van der Waals surface area contributed by atoms with Crippen LogP contribution in [0.2, 0.25) is 5.15 Å². The van der Waals surface area contributed by atoms with Gasteiger partial charge in [0.05, 0.1) is 0 Å². The van der Waals surface area contributed by atoms with E-state index >= 15 is 0 Å². The average molecular weight is 433 g/mol. The number of pyridine rings is 2. The molecular weight excluding hydrogens is 416 g/mol. The summed E-state index contributed by atoms with van der Waals surface area (Å²) in [5.74, 6) is -0.563. The molecule has 0 radical (unpaired) electrons. The molecule has 0 aliphatic rings. The van der Waals surface area contributed by atoms with Gasteiger partial charge in [0.2, 0.25) is 5.88 Å². The number of aromatic nitrogens is 2. The van der Waals surface area contributed by atoms with Gasteiger partial charge in [-0.25, -0.2) is 14.7 Å². The van der Waals surface area contributed by atoms with Crippen molar-refractivity contribution in [3.63, 3.8) is 0 Å². The lowest BCUT2D eigenvalue weighted by molar-refractivity contribution is 0.0978. The quantitative estimate of drug-likeness (QED) is 0.593. The first kappa shape index (κ1) is 20.6. The second-order valence-corrected chi connectivity index (χ2v) is 8.16. The van der Waals surface area contributed by atoms with Crippen LogP contribution in [0, 0.1) is 13.8 Å². The van der Waals surface area contributed by atoms with Crippen LogP contribution in [-0.2, 0) is 10.0 Å². The van der Waals surface area contributed by atoms with Crippen LogP contribution in [0.3, 0.4) is 0 Å². The fraction of sp³-hybridized carbons (Fsp3) is 0.105. The smallest absolute Gasteiger partial charge is 0.281 e. The van der Waals surface area contributed by atoms with Crippen LogP contribution < -0.4 is 15.2 Å². The van der Waals surface area contributed by atoms with E-state index in [-0.39, 0.29) is 27.4 Å². The van der Waals surface area contributed by atoms with Crippen molar-refractivity contribution in [2.75, 3.05) is 5.73 Å². The Labute approximate surface area is 172 Å². The van der Waals surface area contributed by atoms with E-state index in [1.165, 1.54) is 30.3 Å². The molecule has 2 heterocycles. The predicted molar refractivity (Wildman–Crippen MR) is 109 cm³/mol. The fourth-order valence-corrected chi connectivity index (χ4v) is 3.62. The molecule has 3 N–H and O–H groups in total. The molecule has 8 nitrogen and oxygen atoms in total. The molecule has 1 aromatic carbocycles. The molecule has 0 saturated carbocycles. The number of carbonyl (C=O) groups is 1. The van der Waals surface area contributed by atoms with Crippen molar-refractivity contribution in [2.45, 2.75) is 18.9 Å². The normalized spacial score (nSPS) is 11.1. The third-order valence-electron chi connectivity index (χ3n) is 3.93. The van der Waals surface area contributed by atoms with Gasteiger partial charge in [-0.05, 0) is 49.2 Å². The maximum atomic E-state index is 12.7. The lowest BCUT2D eigenvalue weighted by atomic mass is 10.1. The number of nitrogens with two attached hydrogens (primary N) is 1. The summed E-state index contributed by atoms with van der Waals surface area (Å²) in [6.45, 7) is 3.67. The van der Waals surface area contributed by atoms with Gasteiger partial charge in [0.1, 0.15) is 22.3 Å². The van der Waals surface area contributed by atoms with Crippen molar-refractivity contribution in [2.24, 2.45) is 0 Å². The first-order chi connectivity index (χ1) is 13.7. The highest BCUT2D eigenvalue weighted by atomic mass is 35.5. The number of sulfonamides is 1. The second kappa shape index (κ2) is 8.06. The molecule has 3 rings (SSSR count). The number of aryl methyl sites for hydroxylation is 2. The Bertz CT molecular complexity index is 1180. The molecule has 0 bridgehead atoms. The summed E-state index contributed by atoms with van der Waals surface area (Å²) in [4.78, 5) is 20.5. The number of benzene rings is 1. The Kier molecular flexibility index (Phi) is 5.71. The summed E-state index contributed by atoms with van der Waals surface area (Å²) in [6, 6.07) is 12.3. The van der Waals surface area contributed by atoms with Crippen LogP contribution in [0.25, 0.3) is 0 Å². The first-order valence-corrected chi connectivity index (χ1v) is 10.2. The van der Waals surface area contributed by atoms with E-state index in [2.05, 4.69) is 9.97 Å². The number of carbonyl (C=O) groups excluding carboxylic acids is 1. The van der Waals surface area contributed by atoms with E-state index in [4.69, 9.17) is 22.1 Å². The summed E-state index contributed by atoms with van der Waals surface area (Å²) >= 11 is 5.95. The van der Waals surface area contributed by atoms with Crippen molar-refractivity contribution >= 4 is 33.3 Å². The number of rotatable bonds is 5. The van der Waals surface area contributed by atoms with E-state index in [0.29, 0.717) is 5.75 Å². The summed E-state index contributed by atoms with van der Waals surface area (Å²) in [5, 5.41) is -0.298. The molecular formula is C19H17ClN4O4S. The molecule has 0 atom stereocenters. The van der Waals surface area contributed by atoms with Crippen molar-refractivity contribution < 1.29 is 17.9 Å². The molecule has 3 aromatic rings. The van der Waals surface area contributed by atoms with E-state index in [9.17, 15) is 13.2 Å². The molecule has 29 heavy (non-hydrogen) atoms. The van der Waals surface area contributed by atoms with Crippen LogP contribution in [0.1, 0.15) is 21.5 Å². The molecule has 10 heteroatoms. The highest BCUT2D eigenvalue weighted by Gasteiger charge is 2.24. The summed E-state index contributed by atoms with van der Waals surface area (Å²) in [6.07, 6.45) is 0. The number of nitrogens with zero attached hydrogens (tertiary/aromatic N) is 2. The minimum atomic E-state index is -4.25. The van der Waals surface area contributed by atoms with Gasteiger partial charge < -0.3 is 10.5 Å². The van der Waals surface area contributed by atoms with Crippen molar-refractivity contribution in [3.8, 4) is 11.6 Å². The zero-order valence-corrected chi connectivity index (χ0v) is 17.1. The van der Waals surface area contributed by atoms with Gasteiger partial charge in [0, 0.05) is 0 Å². The number of para-hydroxylation sites is 1. The average Bonchev–Trinajstić information content (AvgIpc) is 2.64. The number of nitrogen functional groups attached to an aromatic ring is 1. The monoisotopic (exact) mass is 432 g/mol. The standard InChI is InChI=1S/C19H17ClN4O4S/c1-11-5-3-6-12(2)17(11)28-19-13(9-10-14(20)22-19)18(25)24-29(26,27)16-8-4-7-15(21)23-16/h3-10H,1-2H3,(H2,21,23)(H,24,25). The lowest BCUT2D eigenvalue weighted by Gasteiger charge is -2.14. The number of ether oxygens (including phenoxy) is 1. The number of hydrogen-bond acceptors (Lipinski definition) is 7. The molecule has 2 aromatic heterocycles. The molecule has 0 fully saturated rings. The Balaban J connectivity index is 1.96. The highest BCUT2D eigenvalue weighted by molar-refractivity contribution is 7.90. The summed E-state index contributed by atoms with van der Waals surface area (Å²) < 4.78 is 32.7. The Morgan fingerprint density at radius 3 is 2.34 bits per heavy atom. The molecule has 1 amide bonds. The maximum absolute atomic E-state index is 12.7. The number of hydrogen-bond donors (Lipinski definition) is 2. The maximum Gasteiger partial charge on any atom is 0.281 e. The Hall–Kier alpha value is -3.17. The molecule has 0 unspecified atom stereocenters. The lowest BCUT2D eigenvalue weighted by Crippen LogP contribution is -2.31. The molecule has 0 spiro atoms. The topological polar surface area (TPSA) is 124 Å². The van der Waals surface area contributed by atoms with Crippen LogP contribution >= 0.6 is 11.6 Å². The predicted octanol–water partition coefficient (Wildman–Crippen LogP) is 3.24. The largest absolute Gasteiger partial charge is 0.438 e. The van der Waals surface area contributed by atoms with Gasteiger partial charge in [0.25, 0.3) is 15.9 Å². The Morgan fingerprint density at radius 2 is 1.69 bits per heavy atom. The van der Waals surface area contributed by atoms with Crippen molar-refractivity contribution in [1.29, 1.82) is 0 Å². The summed E-state index contributed by atoms with van der Waals surface area (Å²) in [5.41, 5.74) is 7.04. The fourth-order valence-electron chi connectivity index (χ4n) is 2.54. The first-order valence-electron chi connectivity index (χ1n) is 8.37. The number of halogens is 1. The zero-order valence-electron chi connectivity index (χ0n) is 15.5. The molecule has 0 aliphatic heterocycles. The van der Waals surface area contributed by atoms with Crippen molar-refractivity contribution in [3.05, 3.63) is 70.4 Å². The summed E-state index contributed by atoms with van der Waals surface area (Å²) in [7, 11) is -4.25. The van der Waals surface area contributed by atoms with Crippen LogP contribution in [0.5, 0.6) is 11.6 Å². The third kappa shape index (κ3) is 4.64. The van der Waals surface area contributed by atoms with Crippen LogP contribution in [-0.4, -0.2) is 24.3 Å². The van der Waals surface area contributed by atoms with Gasteiger partial charge in [-0.1, -0.05) is 35.9 Å². The van der Waals surface area contributed by atoms with E-state index < -0.39 is 15.9 Å². The minimum Gasteiger partial charge on any atom is -0.438 e. The van der Waals surface area contributed by atoms with Gasteiger partial charge in [-0.2, -0.15) is 8.42 Å². The zero-order chi connectivity index (χ0) is 21.2. The van der Waals surface area contributed by atoms with Gasteiger partial charge >= 0.3 is 0 Å². The number of amides is 1. The van der Waals surface area contributed by atoms with E-state index in [1.807, 2.05) is 36.8 Å². The molecule has 0 saturated heterocycles.